The van der Waals surface area contributed by atoms with Crippen LogP contribution in [-0.4, -0.2) is 19.2 Å². The number of nitrogens with one attached hydrogen (secondary N) is 1. The van der Waals surface area contributed by atoms with E-state index in [-0.39, 0.29) is 0 Å². The Bertz CT molecular complexity index is 321. The van der Waals surface area contributed by atoms with Crippen LogP contribution in [0.4, 0.5) is 0 Å². The van der Waals surface area contributed by atoms with E-state index >= 15 is 0 Å². The lowest BCUT2D eigenvalue weighted by Crippen LogP contribution is -2.17. The van der Waals surface area contributed by atoms with Gasteiger partial charge in [-0.3, -0.25) is 0 Å². The molecule has 108 valence electrons. The zero-order chi connectivity index (χ0) is 13.9. The molecule has 0 fully saturated rings. The summed E-state index contributed by atoms with van der Waals surface area (Å²) in [6.45, 7) is 9.45. The van der Waals surface area contributed by atoms with Crippen molar-refractivity contribution in [2.24, 2.45) is 0 Å². The van der Waals surface area contributed by atoms with Crippen molar-refractivity contribution in [1.29, 1.82) is 0 Å². The van der Waals surface area contributed by atoms with E-state index in [1.807, 2.05) is 0 Å². The molecule has 1 unspecified atom stereocenters. The van der Waals surface area contributed by atoms with Crippen LogP contribution in [0.5, 0.6) is 0 Å². The number of benzene rings is 1. The lowest BCUT2D eigenvalue weighted by molar-refractivity contribution is 0.0472. The number of hydrogen-bond donors (Lipinski definition) is 1. The molecular weight excluding hydrogens is 234 g/mol. The first-order valence-electron chi connectivity index (χ1n) is 7.66. The van der Waals surface area contributed by atoms with Gasteiger partial charge in [-0.25, -0.2) is 0 Å². The molecule has 2 nitrogen and oxygen atoms in total. The van der Waals surface area contributed by atoms with Crippen LogP contribution in [0, 0.1) is 0 Å². The molecule has 2 heteroatoms. The summed E-state index contributed by atoms with van der Waals surface area (Å²) in [6, 6.07) is 8.81. The van der Waals surface area contributed by atoms with Crippen LogP contribution in [-0.2, 0) is 17.8 Å². The Morgan fingerprint density at radius 3 is 2.32 bits per heavy atom. The highest BCUT2D eigenvalue weighted by Crippen LogP contribution is 2.09. The van der Waals surface area contributed by atoms with E-state index in [2.05, 4.69) is 50.4 Å². The van der Waals surface area contributed by atoms with Crippen molar-refractivity contribution in [3.63, 3.8) is 0 Å². The van der Waals surface area contributed by atoms with Crippen LogP contribution < -0.4 is 5.32 Å². The normalized spacial score (nSPS) is 12.6. The van der Waals surface area contributed by atoms with E-state index < -0.39 is 0 Å². The topological polar surface area (TPSA) is 21.3 Å². The van der Waals surface area contributed by atoms with Crippen molar-refractivity contribution >= 4 is 0 Å². The smallest absolute Gasteiger partial charge is 0.0720 e. The standard InChI is InChI=1S/C17H29NO/c1-4-6-15(3)19-14-17-9-7-16(8-10-17)11-13-18-12-5-2/h7-10,15,18H,4-6,11-14H2,1-3H3. The first-order valence-corrected chi connectivity index (χ1v) is 7.66. The number of ether oxygens (including phenoxy) is 1. The van der Waals surface area contributed by atoms with Gasteiger partial charge in [0.2, 0.25) is 0 Å². The molecule has 0 aliphatic carbocycles. The minimum absolute atomic E-state index is 0.364. The summed E-state index contributed by atoms with van der Waals surface area (Å²) in [7, 11) is 0. The minimum atomic E-state index is 0.364. The zero-order valence-corrected chi connectivity index (χ0v) is 12.7. The monoisotopic (exact) mass is 263 g/mol. The van der Waals surface area contributed by atoms with E-state index in [1.54, 1.807) is 0 Å². The van der Waals surface area contributed by atoms with Crippen molar-refractivity contribution in [3.8, 4) is 0 Å². The SMILES string of the molecule is CCCNCCc1ccc(COC(C)CCC)cc1. The van der Waals surface area contributed by atoms with Crippen LogP contribution in [0.2, 0.25) is 0 Å². The molecule has 0 heterocycles. The number of hydrogen-bond acceptors (Lipinski definition) is 2. The van der Waals surface area contributed by atoms with Crippen molar-refractivity contribution < 1.29 is 4.74 Å². The molecule has 1 N–H and O–H groups in total. The van der Waals surface area contributed by atoms with Gasteiger partial charge >= 0.3 is 0 Å². The quantitative estimate of drug-likeness (QED) is 0.646. The molecular formula is C17H29NO. The van der Waals surface area contributed by atoms with Crippen LogP contribution >= 0.6 is 0 Å². The largest absolute Gasteiger partial charge is 0.374 e. The highest BCUT2D eigenvalue weighted by molar-refractivity contribution is 5.22. The van der Waals surface area contributed by atoms with Crippen molar-refractivity contribution in [2.45, 2.75) is 59.2 Å². The van der Waals surface area contributed by atoms with Gasteiger partial charge in [0.25, 0.3) is 0 Å². The summed E-state index contributed by atoms with van der Waals surface area (Å²) in [4.78, 5) is 0. The molecule has 0 amide bonds. The predicted molar refractivity (Wildman–Crippen MR) is 82.5 cm³/mol. The predicted octanol–water partition coefficient (Wildman–Crippen LogP) is 3.93. The molecule has 0 saturated carbocycles. The van der Waals surface area contributed by atoms with Gasteiger partial charge in [0.1, 0.15) is 0 Å². The number of rotatable bonds is 10. The van der Waals surface area contributed by atoms with E-state index in [4.69, 9.17) is 4.74 Å². The van der Waals surface area contributed by atoms with Gasteiger partial charge in [0.15, 0.2) is 0 Å². The summed E-state index contributed by atoms with van der Waals surface area (Å²) in [5.41, 5.74) is 2.67. The maximum Gasteiger partial charge on any atom is 0.0720 e. The van der Waals surface area contributed by atoms with Gasteiger partial charge in [0, 0.05) is 0 Å². The molecule has 0 radical (unpaired) electrons. The molecule has 1 aromatic carbocycles. The Labute approximate surface area is 118 Å². The van der Waals surface area contributed by atoms with Gasteiger partial charge in [0.05, 0.1) is 12.7 Å². The fourth-order valence-electron chi connectivity index (χ4n) is 2.07. The van der Waals surface area contributed by atoms with Crippen molar-refractivity contribution in [2.75, 3.05) is 13.1 Å². The third-order valence-corrected chi connectivity index (χ3v) is 3.27. The van der Waals surface area contributed by atoms with Gasteiger partial charge in [-0.15, -0.1) is 0 Å². The second-order valence-corrected chi connectivity index (χ2v) is 5.23. The highest BCUT2D eigenvalue weighted by Gasteiger charge is 2.01. The Hall–Kier alpha value is -0.860. The average Bonchev–Trinajstić information content (AvgIpc) is 2.43. The summed E-state index contributed by atoms with van der Waals surface area (Å²) < 4.78 is 5.81. The summed E-state index contributed by atoms with van der Waals surface area (Å²) in [5.74, 6) is 0. The first kappa shape index (κ1) is 16.2. The molecule has 0 aliphatic heterocycles. The van der Waals surface area contributed by atoms with Gasteiger partial charge < -0.3 is 10.1 Å². The van der Waals surface area contributed by atoms with Gasteiger partial charge in [-0.1, -0.05) is 44.5 Å². The molecule has 0 bridgehead atoms. The maximum absolute atomic E-state index is 5.81. The Kier molecular flexibility index (Phi) is 8.52. The molecule has 19 heavy (non-hydrogen) atoms. The Balaban J connectivity index is 2.27. The lowest BCUT2D eigenvalue weighted by Gasteiger charge is -2.12. The van der Waals surface area contributed by atoms with Crippen molar-refractivity contribution in [3.05, 3.63) is 35.4 Å². The molecule has 0 saturated heterocycles. The Morgan fingerprint density at radius 2 is 1.68 bits per heavy atom. The van der Waals surface area contributed by atoms with E-state index in [0.29, 0.717) is 6.10 Å². The second-order valence-electron chi connectivity index (χ2n) is 5.23. The fraction of sp³-hybridized carbons (Fsp3) is 0.647. The van der Waals surface area contributed by atoms with Crippen LogP contribution in [0.25, 0.3) is 0 Å². The van der Waals surface area contributed by atoms with Crippen LogP contribution in [0.3, 0.4) is 0 Å². The van der Waals surface area contributed by atoms with Gasteiger partial charge in [-0.2, -0.15) is 0 Å². The molecule has 0 aromatic heterocycles. The van der Waals surface area contributed by atoms with Crippen LogP contribution in [0.15, 0.2) is 24.3 Å². The van der Waals surface area contributed by atoms with Crippen LogP contribution in [0.1, 0.15) is 51.2 Å². The Morgan fingerprint density at radius 1 is 1.00 bits per heavy atom. The second kappa shape index (κ2) is 9.99. The van der Waals surface area contributed by atoms with Crippen molar-refractivity contribution in [1.82, 2.24) is 5.32 Å². The summed E-state index contributed by atoms with van der Waals surface area (Å²) >= 11 is 0. The van der Waals surface area contributed by atoms with E-state index in [0.717, 1.165) is 32.5 Å². The average molecular weight is 263 g/mol. The molecule has 1 aromatic rings. The first-order chi connectivity index (χ1) is 9.26. The molecule has 0 aliphatic rings. The summed E-state index contributed by atoms with van der Waals surface area (Å²) in [6.07, 6.45) is 4.99. The van der Waals surface area contributed by atoms with Gasteiger partial charge in [-0.05, 0) is 50.4 Å². The minimum Gasteiger partial charge on any atom is -0.374 e. The maximum atomic E-state index is 5.81. The fourth-order valence-corrected chi connectivity index (χ4v) is 2.07. The molecule has 1 atom stereocenters. The lowest BCUT2D eigenvalue weighted by atomic mass is 10.1. The third-order valence-electron chi connectivity index (χ3n) is 3.27. The zero-order valence-electron chi connectivity index (χ0n) is 12.7. The highest BCUT2D eigenvalue weighted by atomic mass is 16.5. The molecule has 0 spiro atoms. The molecule has 1 rings (SSSR count). The van der Waals surface area contributed by atoms with E-state index in [9.17, 15) is 0 Å². The third kappa shape index (κ3) is 7.34. The summed E-state index contributed by atoms with van der Waals surface area (Å²) in [5, 5.41) is 3.43. The van der Waals surface area contributed by atoms with E-state index in [1.165, 1.54) is 24.0 Å².